The summed E-state index contributed by atoms with van der Waals surface area (Å²) in [5.41, 5.74) is 3.88. The summed E-state index contributed by atoms with van der Waals surface area (Å²) < 4.78 is 0. The van der Waals surface area contributed by atoms with E-state index in [1.165, 1.54) is 16.7 Å². The van der Waals surface area contributed by atoms with Crippen LogP contribution in [0.2, 0.25) is 0 Å². The predicted molar refractivity (Wildman–Crippen MR) is 83.6 cm³/mol. The van der Waals surface area contributed by atoms with Crippen LogP contribution in [0.25, 0.3) is 5.57 Å². The normalized spacial score (nSPS) is 27.1. The van der Waals surface area contributed by atoms with Crippen molar-refractivity contribution in [3.8, 4) is 0 Å². The van der Waals surface area contributed by atoms with E-state index in [-0.39, 0.29) is 11.3 Å². The lowest BCUT2D eigenvalue weighted by Crippen LogP contribution is -2.39. The van der Waals surface area contributed by atoms with Crippen molar-refractivity contribution < 1.29 is 0 Å². The van der Waals surface area contributed by atoms with Crippen LogP contribution in [0, 0.1) is 12.8 Å². The molecule has 19 heavy (non-hydrogen) atoms. The molecule has 1 N–H and O–H groups in total. The van der Waals surface area contributed by atoms with Crippen LogP contribution in [0.1, 0.15) is 18.1 Å². The topological polar surface area (TPSA) is 36.8 Å². The van der Waals surface area contributed by atoms with Gasteiger partial charge in [0.25, 0.3) is 0 Å². The first-order chi connectivity index (χ1) is 9.29. The van der Waals surface area contributed by atoms with Crippen LogP contribution in [0.15, 0.2) is 39.7 Å². The molecule has 0 bridgehead atoms. The van der Waals surface area contributed by atoms with Crippen LogP contribution >= 0.6 is 11.8 Å². The van der Waals surface area contributed by atoms with Crippen molar-refractivity contribution >= 4 is 29.5 Å². The Bertz CT molecular complexity index is 557. The number of rotatable bonds is 2. The van der Waals surface area contributed by atoms with Crippen LogP contribution in [0.4, 0.5) is 0 Å². The molecular weight excluding hydrogens is 254 g/mol. The first-order valence-corrected chi connectivity index (χ1v) is 7.49. The first-order valence-electron chi connectivity index (χ1n) is 6.54. The van der Waals surface area contributed by atoms with E-state index in [0.29, 0.717) is 0 Å². The monoisotopic (exact) mass is 271 g/mol. The molecular formula is C15H17N3S. The first kappa shape index (κ1) is 12.5. The number of fused-ring (bicyclic) bond motifs is 1. The molecule has 1 aromatic rings. The van der Waals surface area contributed by atoms with Gasteiger partial charge in [0, 0.05) is 6.54 Å². The second-order valence-corrected chi connectivity index (χ2v) is 5.72. The highest BCUT2D eigenvalue weighted by Gasteiger charge is 2.36. The maximum absolute atomic E-state index is 4.58. The van der Waals surface area contributed by atoms with Gasteiger partial charge in [-0.3, -0.25) is 9.98 Å². The molecule has 0 aromatic heterocycles. The summed E-state index contributed by atoms with van der Waals surface area (Å²) >= 11 is 1.78. The van der Waals surface area contributed by atoms with Crippen molar-refractivity contribution in [3.63, 3.8) is 0 Å². The maximum Gasteiger partial charge on any atom is 0.115 e. The maximum atomic E-state index is 4.58. The van der Waals surface area contributed by atoms with Crippen molar-refractivity contribution in [2.24, 2.45) is 15.9 Å². The molecule has 2 aliphatic heterocycles. The number of aryl methyl sites for hydroxylation is 1. The molecule has 4 heteroatoms. The largest absolute Gasteiger partial charge is 0.335 e. The Hall–Kier alpha value is -1.55. The SMILES string of the molecule is CCN=C1NC=NC2SC=C(c3ccc(C)cc3)C12. The van der Waals surface area contributed by atoms with E-state index >= 15 is 0 Å². The smallest absolute Gasteiger partial charge is 0.115 e. The number of hydrogen-bond donors (Lipinski definition) is 1. The summed E-state index contributed by atoms with van der Waals surface area (Å²) in [5.74, 6) is 1.30. The quantitative estimate of drug-likeness (QED) is 0.897. The minimum absolute atomic E-state index is 0.239. The third-order valence-corrected chi connectivity index (χ3v) is 4.46. The standard InChI is InChI=1S/C15H17N3S/c1-3-16-14-13-12(8-19-15(13)18-9-17-14)11-6-4-10(2)5-7-11/h4-9,13,15H,3H2,1-2H3,(H,16,17,18). The lowest BCUT2D eigenvalue weighted by atomic mass is 9.91. The number of hydrogen-bond acceptors (Lipinski definition) is 3. The van der Waals surface area contributed by atoms with Crippen molar-refractivity contribution in [3.05, 3.63) is 40.8 Å². The van der Waals surface area contributed by atoms with Gasteiger partial charge in [0.05, 0.1) is 12.3 Å². The zero-order valence-corrected chi connectivity index (χ0v) is 11.9. The summed E-state index contributed by atoms with van der Waals surface area (Å²) in [6.45, 7) is 4.97. The lowest BCUT2D eigenvalue weighted by Gasteiger charge is -2.25. The van der Waals surface area contributed by atoms with E-state index in [9.17, 15) is 0 Å². The van der Waals surface area contributed by atoms with Gasteiger partial charge in [0.15, 0.2) is 0 Å². The van der Waals surface area contributed by atoms with Gasteiger partial charge in [-0.15, -0.1) is 11.8 Å². The van der Waals surface area contributed by atoms with Gasteiger partial charge in [-0.1, -0.05) is 29.8 Å². The Morgan fingerprint density at radius 3 is 2.84 bits per heavy atom. The number of nitrogens with one attached hydrogen (secondary N) is 1. The summed E-state index contributed by atoms with van der Waals surface area (Å²) in [4.78, 5) is 9.09. The number of aliphatic imine (C=N–C) groups is 2. The van der Waals surface area contributed by atoms with E-state index < -0.39 is 0 Å². The van der Waals surface area contributed by atoms with E-state index in [2.05, 4.69) is 58.8 Å². The van der Waals surface area contributed by atoms with Gasteiger partial charge in [-0.25, -0.2) is 0 Å². The average molecular weight is 271 g/mol. The molecule has 0 spiro atoms. The number of amidine groups is 1. The molecule has 0 radical (unpaired) electrons. The summed E-state index contributed by atoms with van der Waals surface area (Å²) in [6, 6.07) is 8.69. The molecule has 0 fully saturated rings. The van der Waals surface area contributed by atoms with Crippen molar-refractivity contribution in [2.45, 2.75) is 19.2 Å². The second-order valence-electron chi connectivity index (χ2n) is 4.73. The molecule has 2 heterocycles. The number of benzene rings is 1. The highest BCUT2D eigenvalue weighted by molar-refractivity contribution is 8.03. The molecule has 0 amide bonds. The lowest BCUT2D eigenvalue weighted by molar-refractivity contribution is 0.790. The number of nitrogens with zero attached hydrogens (tertiary/aromatic N) is 2. The molecule has 3 nitrogen and oxygen atoms in total. The minimum atomic E-state index is 0.239. The van der Waals surface area contributed by atoms with Crippen LogP contribution in [0.3, 0.4) is 0 Å². The summed E-state index contributed by atoms with van der Waals surface area (Å²) in [7, 11) is 0. The fourth-order valence-electron chi connectivity index (χ4n) is 2.43. The van der Waals surface area contributed by atoms with Gasteiger partial charge in [-0.2, -0.15) is 0 Å². The molecule has 0 saturated carbocycles. The Morgan fingerprint density at radius 2 is 2.11 bits per heavy atom. The highest BCUT2D eigenvalue weighted by Crippen LogP contribution is 2.43. The van der Waals surface area contributed by atoms with Gasteiger partial charge < -0.3 is 5.32 Å². The Morgan fingerprint density at radius 1 is 1.32 bits per heavy atom. The van der Waals surface area contributed by atoms with Crippen molar-refractivity contribution in [1.82, 2.24) is 5.32 Å². The molecule has 1 aromatic carbocycles. The fraction of sp³-hybridized carbons (Fsp3) is 0.333. The van der Waals surface area contributed by atoms with Gasteiger partial charge in [0.2, 0.25) is 0 Å². The van der Waals surface area contributed by atoms with Crippen LogP contribution < -0.4 is 5.32 Å². The predicted octanol–water partition coefficient (Wildman–Crippen LogP) is 3.07. The summed E-state index contributed by atoms with van der Waals surface area (Å²) in [6.07, 6.45) is 1.77. The van der Waals surface area contributed by atoms with Crippen LogP contribution in [-0.4, -0.2) is 24.1 Å². The van der Waals surface area contributed by atoms with Gasteiger partial charge in [0.1, 0.15) is 11.2 Å². The van der Waals surface area contributed by atoms with Crippen LogP contribution in [0.5, 0.6) is 0 Å². The van der Waals surface area contributed by atoms with Crippen LogP contribution in [-0.2, 0) is 0 Å². The molecule has 3 rings (SSSR count). The third kappa shape index (κ3) is 2.32. The highest BCUT2D eigenvalue weighted by atomic mass is 32.2. The third-order valence-electron chi connectivity index (χ3n) is 3.40. The number of thioether (sulfide) groups is 1. The van der Waals surface area contributed by atoms with E-state index in [1.807, 2.05) is 0 Å². The van der Waals surface area contributed by atoms with Gasteiger partial charge in [-0.05, 0) is 30.4 Å². The van der Waals surface area contributed by atoms with E-state index in [0.717, 1.165) is 12.4 Å². The molecule has 2 unspecified atom stereocenters. The Labute approximate surface area is 117 Å². The minimum Gasteiger partial charge on any atom is -0.335 e. The fourth-order valence-corrected chi connectivity index (χ4v) is 3.56. The van der Waals surface area contributed by atoms with Crippen molar-refractivity contribution in [2.75, 3.05) is 6.54 Å². The Balaban J connectivity index is 1.96. The summed E-state index contributed by atoms with van der Waals surface area (Å²) in [5, 5.41) is 5.68. The van der Waals surface area contributed by atoms with Gasteiger partial charge >= 0.3 is 0 Å². The zero-order valence-electron chi connectivity index (χ0n) is 11.1. The second kappa shape index (κ2) is 5.21. The molecule has 0 saturated heterocycles. The molecule has 2 atom stereocenters. The van der Waals surface area contributed by atoms with E-state index in [1.54, 1.807) is 18.1 Å². The molecule has 0 aliphatic carbocycles. The average Bonchev–Trinajstić information content (AvgIpc) is 2.85. The Kier molecular flexibility index (Phi) is 3.42. The molecule has 2 aliphatic rings. The van der Waals surface area contributed by atoms with E-state index in [4.69, 9.17) is 0 Å². The zero-order chi connectivity index (χ0) is 13.2. The van der Waals surface area contributed by atoms with Crippen molar-refractivity contribution in [1.29, 1.82) is 0 Å². The molecule has 98 valence electrons.